The van der Waals surface area contributed by atoms with Gasteiger partial charge in [-0.15, -0.1) is 0 Å². The van der Waals surface area contributed by atoms with Crippen molar-refractivity contribution in [3.63, 3.8) is 0 Å². The molecule has 0 bridgehead atoms. The number of aromatic nitrogens is 5. The Morgan fingerprint density at radius 3 is 2.55 bits per heavy atom. The van der Waals surface area contributed by atoms with Gasteiger partial charge in [0.1, 0.15) is 0 Å². The lowest BCUT2D eigenvalue weighted by atomic mass is 9.93. The average molecular weight is 520 g/mol. The molecule has 1 aromatic carbocycles. The van der Waals surface area contributed by atoms with E-state index in [0.717, 1.165) is 41.3 Å². The van der Waals surface area contributed by atoms with E-state index in [-0.39, 0.29) is 23.8 Å². The van der Waals surface area contributed by atoms with Crippen LogP contribution in [0, 0.1) is 0 Å². The normalized spacial score (nSPS) is 18.3. The van der Waals surface area contributed by atoms with Crippen LogP contribution in [0.3, 0.4) is 0 Å². The number of carbonyl (C=O) groups excluding carboxylic acids is 1. The zero-order valence-electron chi connectivity index (χ0n) is 22.2. The standard InChI is InChI=1S/C28H34N6O4/c1-17(2)24-6-5-7-25(34(24)38)27(36)30-23-12-18-15-32(20-8-10-21(35)11-9-20)31-22(18)13-26(23)33-16-19(14-29-33)28(3,4)37/h5-7,12-17,20-21,35,37H,8-11H2,1-4H3,(H-,30,36,38)/p+1. The summed E-state index contributed by atoms with van der Waals surface area (Å²) in [5, 5.41) is 44.1. The molecule has 0 aliphatic heterocycles. The fourth-order valence-corrected chi connectivity index (χ4v) is 4.96. The number of hydrogen-bond acceptors (Lipinski definition) is 6. The second-order valence-electron chi connectivity index (χ2n) is 11.0. The second-order valence-corrected chi connectivity index (χ2v) is 11.0. The van der Waals surface area contributed by atoms with Gasteiger partial charge in [-0.05, 0) is 57.7 Å². The fraction of sp³-hybridized carbons (Fsp3) is 0.429. The fourth-order valence-electron chi connectivity index (χ4n) is 4.96. The highest BCUT2D eigenvalue weighted by molar-refractivity contribution is 6.04. The maximum absolute atomic E-state index is 13.4. The number of carbonyl (C=O) groups is 1. The average Bonchev–Trinajstić information content (AvgIpc) is 3.51. The van der Waals surface area contributed by atoms with Crippen LogP contribution in [0.4, 0.5) is 5.69 Å². The van der Waals surface area contributed by atoms with E-state index in [1.165, 1.54) is 0 Å². The van der Waals surface area contributed by atoms with Crippen LogP contribution in [-0.4, -0.2) is 47.0 Å². The highest BCUT2D eigenvalue weighted by atomic mass is 16.5. The molecule has 10 nitrogen and oxygen atoms in total. The monoisotopic (exact) mass is 519 g/mol. The third-order valence-electron chi connectivity index (χ3n) is 7.28. The van der Waals surface area contributed by atoms with Crippen molar-refractivity contribution >= 4 is 22.5 Å². The van der Waals surface area contributed by atoms with Gasteiger partial charge in [-0.25, -0.2) is 4.68 Å². The summed E-state index contributed by atoms with van der Waals surface area (Å²) < 4.78 is 4.48. The summed E-state index contributed by atoms with van der Waals surface area (Å²) in [5.74, 6) is -0.449. The minimum atomic E-state index is -1.08. The first kappa shape index (κ1) is 25.9. The number of aliphatic hydroxyl groups excluding tert-OH is 1. The van der Waals surface area contributed by atoms with E-state index in [4.69, 9.17) is 5.10 Å². The van der Waals surface area contributed by atoms with Crippen molar-refractivity contribution in [2.24, 2.45) is 0 Å². The van der Waals surface area contributed by atoms with Crippen LogP contribution in [0.5, 0.6) is 0 Å². The highest BCUT2D eigenvalue weighted by Gasteiger charge is 2.27. The quantitative estimate of drug-likeness (QED) is 0.226. The van der Waals surface area contributed by atoms with Gasteiger partial charge in [0.2, 0.25) is 5.69 Å². The minimum Gasteiger partial charge on any atom is -0.393 e. The van der Waals surface area contributed by atoms with Crippen molar-refractivity contribution in [3.8, 4) is 5.69 Å². The van der Waals surface area contributed by atoms with Crippen LogP contribution >= 0.6 is 0 Å². The lowest BCUT2D eigenvalue weighted by Crippen LogP contribution is -2.43. The molecule has 200 valence electrons. The number of hydrogen-bond donors (Lipinski definition) is 4. The number of aliphatic hydroxyl groups is 2. The Kier molecular flexibility index (Phi) is 6.70. The van der Waals surface area contributed by atoms with Crippen molar-refractivity contribution in [2.75, 3.05) is 5.32 Å². The summed E-state index contributed by atoms with van der Waals surface area (Å²) in [6.07, 6.45) is 8.22. The topological polar surface area (TPSA) is 129 Å². The molecule has 0 spiro atoms. The van der Waals surface area contributed by atoms with Crippen LogP contribution in [-0.2, 0) is 5.60 Å². The smallest absolute Gasteiger partial charge is 0.325 e. The zero-order valence-corrected chi connectivity index (χ0v) is 22.2. The number of nitrogens with one attached hydrogen (secondary N) is 1. The molecule has 1 saturated carbocycles. The molecule has 1 aliphatic carbocycles. The van der Waals surface area contributed by atoms with Crippen LogP contribution in [0.2, 0.25) is 0 Å². The maximum Gasteiger partial charge on any atom is 0.325 e. The van der Waals surface area contributed by atoms with E-state index in [1.807, 2.05) is 36.9 Å². The second kappa shape index (κ2) is 9.85. The first-order chi connectivity index (χ1) is 18.0. The van der Waals surface area contributed by atoms with Crippen LogP contribution in [0.25, 0.3) is 16.6 Å². The van der Waals surface area contributed by atoms with Crippen molar-refractivity contribution in [3.05, 3.63) is 65.9 Å². The number of nitrogens with zero attached hydrogens (tertiary/aromatic N) is 5. The molecule has 1 fully saturated rings. The SMILES string of the molecule is CC(C)c1cccc(C(=O)Nc2cc3cn(C4CCC(O)CC4)nc3cc2-n2cc(C(C)(C)O)cn2)[n+]1O. The number of amides is 1. The van der Waals surface area contributed by atoms with E-state index in [9.17, 15) is 20.2 Å². The first-order valence-corrected chi connectivity index (χ1v) is 13.1. The van der Waals surface area contributed by atoms with Gasteiger partial charge in [0.25, 0.3) is 0 Å². The Hall–Kier alpha value is -3.76. The summed E-state index contributed by atoms with van der Waals surface area (Å²) >= 11 is 0. The molecule has 38 heavy (non-hydrogen) atoms. The van der Waals surface area contributed by atoms with Gasteiger partial charge in [0.05, 0.1) is 40.8 Å². The summed E-state index contributed by atoms with van der Waals surface area (Å²) in [7, 11) is 0. The van der Waals surface area contributed by atoms with Gasteiger partial charge in [0, 0.05) is 46.1 Å². The third-order valence-corrected chi connectivity index (χ3v) is 7.28. The van der Waals surface area contributed by atoms with Gasteiger partial charge in [0.15, 0.2) is 0 Å². The van der Waals surface area contributed by atoms with Crippen molar-refractivity contribution in [2.45, 2.75) is 77.0 Å². The summed E-state index contributed by atoms with van der Waals surface area (Å²) in [4.78, 5) is 13.4. The summed E-state index contributed by atoms with van der Waals surface area (Å²) in [6, 6.07) is 9.00. The summed E-state index contributed by atoms with van der Waals surface area (Å²) in [5.41, 5.74) is 2.07. The number of benzene rings is 1. The molecule has 10 heteroatoms. The predicted octanol–water partition coefficient (Wildman–Crippen LogP) is 3.83. The van der Waals surface area contributed by atoms with Gasteiger partial charge >= 0.3 is 11.6 Å². The molecule has 5 rings (SSSR count). The molecule has 3 heterocycles. The Morgan fingerprint density at radius 2 is 1.89 bits per heavy atom. The molecular formula is C28H35N6O4+. The molecule has 1 aliphatic rings. The molecule has 4 aromatic rings. The lowest BCUT2D eigenvalue weighted by Gasteiger charge is -2.25. The zero-order chi connectivity index (χ0) is 27.2. The van der Waals surface area contributed by atoms with Crippen LogP contribution in [0.15, 0.2) is 48.9 Å². The number of rotatable bonds is 6. The van der Waals surface area contributed by atoms with Gasteiger partial charge < -0.3 is 15.5 Å². The number of pyridine rings is 1. The Labute approximate surface area is 221 Å². The molecule has 0 unspecified atom stereocenters. The Bertz CT molecular complexity index is 1470. The molecular weight excluding hydrogens is 484 g/mol. The highest BCUT2D eigenvalue weighted by Crippen LogP contribution is 2.32. The number of anilines is 1. The Morgan fingerprint density at radius 1 is 1.16 bits per heavy atom. The largest absolute Gasteiger partial charge is 0.393 e. The lowest BCUT2D eigenvalue weighted by molar-refractivity contribution is -0.911. The van der Waals surface area contributed by atoms with E-state index < -0.39 is 11.5 Å². The molecule has 0 radical (unpaired) electrons. The maximum atomic E-state index is 13.4. The molecule has 0 saturated heterocycles. The van der Waals surface area contributed by atoms with Gasteiger partial charge in [-0.3, -0.25) is 14.7 Å². The third kappa shape index (κ3) is 5.01. The van der Waals surface area contributed by atoms with Crippen LogP contribution < -0.4 is 10.0 Å². The molecule has 1 amide bonds. The Balaban J connectivity index is 1.57. The van der Waals surface area contributed by atoms with E-state index in [0.29, 0.717) is 22.6 Å². The molecule has 4 N–H and O–H groups in total. The van der Waals surface area contributed by atoms with E-state index >= 15 is 0 Å². The number of fused-ring (bicyclic) bond motifs is 1. The molecule has 3 aromatic heterocycles. The minimum absolute atomic E-state index is 0.0238. The van der Waals surface area contributed by atoms with E-state index in [2.05, 4.69) is 10.4 Å². The van der Waals surface area contributed by atoms with Crippen molar-refractivity contribution in [1.29, 1.82) is 0 Å². The van der Waals surface area contributed by atoms with Crippen molar-refractivity contribution < 1.29 is 24.9 Å². The van der Waals surface area contributed by atoms with Gasteiger partial charge in [-0.2, -0.15) is 10.2 Å². The first-order valence-electron chi connectivity index (χ1n) is 13.1. The summed E-state index contributed by atoms with van der Waals surface area (Å²) in [6.45, 7) is 7.26. The molecule has 0 atom stereocenters. The van der Waals surface area contributed by atoms with Gasteiger partial charge in [-0.1, -0.05) is 13.8 Å². The van der Waals surface area contributed by atoms with Crippen molar-refractivity contribution in [1.82, 2.24) is 19.6 Å². The van der Waals surface area contributed by atoms with E-state index in [1.54, 1.807) is 49.1 Å². The predicted molar refractivity (Wildman–Crippen MR) is 141 cm³/mol. The van der Waals surface area contributed by atoms with Crippen LogP contribution in [0.1, 0.15) is 87.1 Å².